The van der Waals surface area contributed by atoms with Gasteiger partial charge in [0.05, 0.1) is 12.7 Å². The highest BCUT2D eigenvalue weighted by atomic mass is 16.2. The van der Waals surface area contributed by atoms with Crippen LogP contribution in [-0.2, 0) is 4.79 Å². The Bertz CT molecular complexity index is 308. The number of carbonyl (C=O) groups is 1. The molecular weight excluding hydrogens is 236 g/mol. The molecule has 1 N–H and O–H groups in total. The van der Waals surface area contributed by atoms with Crippen LogP contribution in [-0.4, -0.2) is 30.1 Å². The third kappa shape index (κ3) is 3.50. The largest absolute Gasteiger partial charge is 0.325 e. The third-order valence-corrected chi connectivity index (χ3v) is 4.76. The molecule has 1 saturated heterocycles. The minimum Gasteiger partial charge on any atom is -0.325 e. The zero-order valence-electron chi connectivity index (χ0n) is 12.9. The first kappa shape index (κ1) is 14.8. The average molecular weight is 266 g/mol. The van der Waals surface area contributed by atoms with Crippen LogP contribution in [0.3, 0.4) is 0 Å². The summed E-state index contributed by atoms with van der Waals surface area (Å²) in [7, 11) is 0. The summed E-state index contributed by atoms with van der Waals surface area (Å²) in [5, 5.41) is 3.38. The zero-order chi connectivity index (χ0) is 13.9. The summed E-state index contributed by atoms with van der Waals surface area (Å²) in [5.74, 6) is 1.04. The van der Waals surface area contributed by atoms with Crippen LogP contribution in [0.25, 0.3) is 0 Å². The van der Waals surface area contributed by atoms with Crippen LogP contribution in [0.5, 0.6) is 0 Å². The lowest BCUT2D eigenvalue weighted by Gasteiger charge is -2.37. The van der Waals surface area contributed by atoms with E-state index in [0.29, 0.717) is 24.0 Å². The number of nitrogens with one attached hydrogen (secondary N) is 1. The fourth-order valence-electron chi connectivity index (χ4n) is 4.10. The average Bonchev–Trinajstić information content (AvgIpc) is 2.91. The molecule has 19 heavy (non-hydrogen) atoms. The van der Waals surface area contributed by atoms with Gasteiger partial charge in [0, 0.05) is 6.54 Å². The molecule has 0 radical (unpaired) electrons. The van der Waals surface area contributed by atoms with Crippen molar-refractivity contribution in [3.63, 3.8) is 0 Å². The molecule has 2 rings (SSSR count). The minimum atomic E-state index is 0.294. The van der Waals surface area contributed by atoms with Crippen molar-refractivity contribution in [1.82, 2.24) is 10.2 Å². The van der Waals surface area contributed by atoms with E-state index in [-0.39, 0.29) is 0 Å². The number of hydrogen-bond donors (Lipinski definition) is 1. The molecule has 0 aromatic rings. The number of amides is 1. The predicted octanol–water partition coefficient (Wildman–Crippen LogP) is 3.15. The van der Waals surface area contributed by atoms with E-state index >= 15 is 0 Å². The molecule has 2 aliphatic rings. The molecule has 1 amide bonds. The molecule has 1 unspecified atom stereocenters. The number of nitrogens with zero attached hydrogens (tertiary/aromatic N) is 1. The van der Waals surface area contributed by atoms with Crippen LogP contribution in [0.1, 0.15) is 65.7 Å². The van der Waals surface area contributed by atoms with E-state index in [0.717, 1.165) is 25.3 Å². The van der Waals surface area contributed by atoms with Gasteiger partial charge in [0.2, 0.25) is 5.91 Å². The summed E-state index contributed by atoms with van der Waals surface area (Å²) in [4.78, 5) is 14.3. The fourth-order valence-corrected chi connectivity index (χ4v) is 4.10. The SMILES string of the molecule is CCCC1NCC(=O)N1CC1(CC(C)C)CCCC1. The predicted molar refractivity (Wildman–Crippen MR) is 78.8 cm³/mol. The lowest BCUT2D eigenvalue weighted by Crippen LogP contribution is -2.44. The molecule has 0 bridgehead atoms. The van der Waals surface area contributed by atoms with E-state index in [1.54, 1.807) is 0 Å². The van der Waals surface area contributed by atoms with Gasteiger partial charge in [0.1, 0.15) is 0 Å². The van der Waals surface area contributed by atoms with Crippen molar-refractivity contribution in [2.75, 3.05) is 13.1 Å². The third-order valence-electron chi connectivity index (χ3n) is 4.76. The number of carbonyl (C=O) groups excluding carboxylic acids is 1. The monoisotopic (exact) mass is 266 g/mol. The van der Waals surface area contributed by atoms with Gasteiger partial charge in [-0.05, 0) is 37.0 Å². The van der Waals surface area contributed by atoms with Crippen LogP contribution in [0.2, 0.25) is 0 Å². The smallest absolute Gasteiger partial charge is 0.237 e. The Morgan fingerprint density at radius 2 is 2.05 bits per heavy atom. The van der Waals surface area contributed by atoms with Crippen LogP contribution in [0, 0.1) is 11.3 Å². The summed E-state index contributed by atoms with van der Waals surface area (Å²) < 4.78 is 0. The van der Waals surface area contributed by atoms with Gasteiger partial charge in [-0.3, -0.25) is 10.1 Å². The number of hydrogen-bond acceptors (Lipinski definition) is 2. The Labute approximate surface area is 118 Å². The first-order chi connectivity index (χ1) is 9.06. The van der Waals surface area contributed by atoms with Crippen molar-refractivity contribution in [3.8, 4) is 0 Å². The second-order valence-corrected chi connectivity index (χ2v) is 7.01. The minimum absolute atomic E-state index is 0.294. The normalized spacial score (nSPS) is 26.6. The lowest BCUT2D eigenvalue weighted by molar-refractivity contribution is -0.129. The van der Waals surface area contributed by atoms with E-state index in [4.69, 9.17) is 0 Å². The maximum atomic E-state index is 12.1. The molecule has 1 aliphatic carbocycles. The van der Waals surface area contributed by atoms with Gasteiger partial charge < -0.3 is 4.90 Å². The van der Waals surface area contributed by atoms with E-state index < -0.39 is 0 Å². The standard InChI is InChI=1S/C16H30N2O/c1-4-7-14-17-11-15(19)18(14)12-16(10-13(2)3)8-5-6-9-16/h13-14,17H,4-12H2,1-3H3. The first-order valence-electron chi connectivity index (χ1n) is 8.09. The van der Waals surface area contributed by atoms with E-state index in [1.807, 2.05) is 0 Å². The first-order valence-corrected chi connectivity index (χ1v) is 8.09. The molecule has 0 spiro atoms. The van der Waals surface area contributed by atoms with E-state index in [2.05, 4.69) is 31.0 Å². The highest BCUT2D eigenvalue weighted by Gasteiger charge is 2.40. The van der Waals surface area contributed by atoms with Crippen molar-refractivity contribution in [3.05, 3.63) is 0 Å². The Morgan fingerprint density at radius 1 is 1.37 bits per heavy atom. The summed E-state index contributed by atoms with van der Waals surface area (Å²) in [5.41, 5.74) is 0.405. The molecule has 3 nitrogen and oxygen atoms in total. The fraction of sp³-hybridized carbons (Fsp3) is 0.938. The molecule has 110 valence electrons. The van der Waals surface area contributed by atoms with Crippen molar-refractivity contribution in [1.29, 1.82) is 0 Å². The zero-order valence-corrected chi connectivity index (χ0v) is 12.9. The number of rotatable bonds is 6. The Hall–Kier alpha value is -0.570. The van der Waals surface area contributed by atoms with Crippen molar-refractivity contribution in [2.45, 2.75) is 71.9 Å². The highest BCUT2D eigenvalue weighted by molar-refractivity contribution is 5.80. The van der Waals surface area contributed by atoms with Crippen LogP contribution < -0.4 is 5.32 Å². The van der Waals surface area contributed by atoms with Gasteiger partial charge in [-0.15, -0.1) is 0 Å². The molecule has 2 fully saturated rings. The van der Waals surface area contributed by atoms with Crippen LogP contribution in [0.4, 0.5) is 0 Å². The molecule has 1 atom stereocenters. The molecule has 1 aliphatic heterocycles. The summed E-state index contributed by atoms with van der Waals surface area (Å²) in [6.07, 6.45) is 9.11. The quantitative estimate of drug-likeness (QED) is 0.801. The maximum Gasteiger partial charge on any atom is 0.237 e. The Kier molecular flexibility index (Phi) is 4.88. The van der Waals surface area contributed by atoms with Gasteiger partial charge in [0.15, 0.2) is 0 Å². The second kappa shape index (κ2) is 6.25. The second-order valence-electron chi connectivity index (χ2n) is 7.01. The van der Waals surface area contributed by atoms with Crippen LogP contribution >= 0.6 is 0 Å². The molecule has 1 heterocycles. The van der Waals surface area contributed by atoms with Gasteiger partial charge in [-0.2, -0.15) is 0 Å². The Morgan fingerprint density at radius 3 is 2.63 bits per heavy atom. The molecular formula is C16H30N2O. The molecule has 1 saturated carbocycles. The molecule has 0 aromatic carbocycles. The maximum absolute atomic E-state index is 12.1. The lowest BCUT2D eigenvalue weighted by atomic mass is 9.78. The van der Waals surface area contributed by atoms with Crippen molar-refractivity contribution < 1.29 is 4.79 Å². The highest BCUT2D eigenvalue weighted by Crippen LogP contribution is 2.44. The van der Waals surface area contributed by atoms with Crippen molar-refractivity contribution >= 4 is 5.91 Å². The summed E-state index contributed by atoms with van der Waals surface area (Å²) >= 11 is 0. The topological polar surface area (TPSA) is 32.3 Å². The van der Waals surface area contributed by atoms with Crippen LogP contribution in [0.15, 0.2) is 0 Å². The van der Waals surface area contributed by atoms with E-state index in [1.165, 1.54) is 32.1 Å². The summed E-state index contributed by atoms with van der Waals surface area (Å²) in [6.45, 7) is 8.35. The van der Waals surface area contributed by atoms with Gasteiger partial charge in [0.25, 0.3) is 0 Å². The van der Waals surface area contributed by atoms with E-state index in [9.17, 15) is 4.79 Å². The Balaban J connectivity index is 2.05. The molecule has 0 aromatic heterocycles. The van der Waals surface area contributed by atoms with Gasteiger partial charge in [-0.1, -0.05) is 40.0 Å². The van der Waals surface area contributed by atoms with Crippen molar-refractivity contribution in [2.24, 2.45) is 11.3 Å². The van der Waals surface area contributed by atoms with Gasteiger partial charge >= 0.3 is 0 Å². The van der Waals surface area contributed by atoms with Gasteiger partial charge in [-0.25, -0.2) is 0 Å². The molecule has 3 heteroatoms. The summed E-state index contributed by atoms with van der Waals surface area (Å²) in [6, 6.07) is 0.